The lowest BCUT2D eigenvalue weighted by atomic mass is 10.0. The average molecular weight is 402 g/mol. The molecule has 0 spiro atoms. The fraction of sp³-hybridized carbons (Fsp3) is 0.0357. The molecule has 0 saturated carbocycles. The molecule has 0 radical (unpaired) electrons. The van der Waals surface area contributed by atoms with Gasteiger partial charge in [0, 0.05) is 5.39 Å². The van der Waals surface area contributed by atoms with Gasteiger partial charge in [0.1, 0.15) is 5.65 Å². The summed E-state index contributed by atoms with van der Waals surface area (Å²) in [5.41, 5.74) is 6.74. The van der Waals surface area contributed by atoms with Crippen LogP contribution in [0.3, 0.4) is 0 Å². The van der Waals surface area contributed by atoms with E-state index in [9.17, 15) is 4.79 Å². The number of para-hydroxylation sites is 1. The zero-order valence-corrected chi connectivity index (χ0v) is 17.4. The van der Waals surface area contributed by atoms with Gasteiger partial charge in [-0.25, -0.2) is 0 Å². The molecule has 0 aliphatic rings. The van der Waals surface area contributed by atoms with Crippen LogP contribution in [0, 0.1) is 6.92 Å². The molecule has 0 saturated heterocycles. The summed E-state index contributed by atoms with van der Waals surface area (Å²) in [7, 11) is 0. The van der Waals surface area contributed by atoms with E-state index in [0.717, 1.165) is 38.9 Å². The molecular formula is C28H22N2O. The minimum absolute atomic E-state index is 0.0346. The Morgan fingerprint density at radius 1 is 0.903 bits per heavy atom. The van der Waals surface area contributed by atoms with Crippen LogP contribution < -0.4 is 5.56 Å². The van der Waals surface area contributed by atoms with Crippen LogP contribution in [-0.2, 0) is 0 Å². The van der Waals surface area contributed by atoms with E-state index in [1.165, 1.54) is 5.56 Å². The van der Waals surface area contributed by atoms with Gasteiger partial charge in [-0.05, 0) is 60.5 Å². The zero-order chi connectivity index (χ0) is 21.5. The SMILES string of the molecule is C=C/C=C(\C=C)c1cccc(-n2c(=O)c3ccccc3n3c4ccc(C)cc4cc23)c1. The second kappa shape index (κ2) is 7.29. The molecule has 3 nitrogen and oxygen atoms in total. The van der Waals surface area contributed by atoms with Gasteiger partial charge in [-0.3, -0.25) is 13.8 Å². The molecule has 150 valence electrons. The van der Waals surface area contributed by atoms with Crippen LogP contribution in [0.15, 0.2) is 109 Å². The Kier molecular flexibility index (Phi) is 4.45. The third kappa shape index (κ3) is 2.94. The Morgan fingerprint density at radius 3 is 2.55 bits per heavy atom. The first-order valence-electron chi connectivity index (χ1n) is 10.2. The molecule has 3 aromatic carbocycles. The summed E-state index contributed by atoms with van der Waals surface area (Å²) in [6.07, 6.45) is 5.46. The molecule has 2 aromatic heterocycles. The number of aromatic nitrogens is 2. The van der Waals surface area contributed by atoms with Gasteiger partial charge >= 0.3 is 0 Å². The van der Waals surface area contributed by atoms with E-state index in [2.05, 4.69) is 48.7 Å². The minimum Gasteiger partial charge on any atom is -0.295 e. The average Bonchev–Trinajstić information content (AvgIpc) is 3.16. The van der Waals surface area contributed by atoms with E-state index in [-0.39, 0.29) is 5.56 Å². The van der Waals surface area contributed by atoms with E-state index in [1.54, 1.807) is 16.7 Å². The number of hydrogen-bond acceptors (Lipinski definition) is 1. The highest BCUT2D eigenvalue weighted by Gasteiger charge is 2.15. The lowest BCUT2D eigenvalue weighted by molar-refractivity contribution is 1.01. The molecule has 5 rings (SSSR count). The van der Waals surface area contributed by atoms with Crippen molar-refractivity contribution in [3.63, 3.8) is 0 Å². The first kappa shape index (κ1) is 18.9. The van der Waals surface area contributed by atoms with Gasteiger partial charge in [0.2, 0.25) is 0 Å². The van der Waals surface area contributed by atoms with Crippen LogP contribution >= 0.6 is 0 Å². The van der Waals surface area contributed by atoms with Crippen molar-refractivity contribution in [2.24, 2.45) is 0 Å². The monoisotopic (exact) mass is 402 g/mol. The molecule has 0 atom stereocenters. The van der Waals surface area contributed by atoms with Crippen molar-refractivity contribution in [1.29, 1.82) is 0 Å². The van der Waals surface area contributed by atoms with Gasteiger partial charge in [-0.15, -0.1) is 0 Å². The topological polar surface area (TPSA) is 26.4 Å². The second-order valence-electron chi connectivity index (χ2n) is 7.67. The zero-order valence-electron chi connectivity index (χ0n) is 17.4. The largest absolute Gasteiger partial charge is 0.295 e. The van der Waals surface area contributed by atoms with Crippen LogP contribution in [0.25, 0.3) is 38.7 Å². The first-order valence-corrected chi connectivity index (χ1v) is 10.2. The summed E-state index contributed by atoms with van der Waals surface area (Å²) >= 11 is 0. The Bertz CT molecular complexity index is 1590. The molecule has 0 fully saturated rings. The standard InChI is InChI=1S/C28H22N2O/c1-4-9-20(5-2)21-10-8-11-23(17-21)29-27-18-22-16-19(3)14-15-25(22)30(27)26-13-7-6-12-24(26)28(29)31/h4-18H,1-2H2,3H3/b20-9+. The number of nitrogens with zero attached hydrogens (tertiary/aromatic N) is 2. The van der Waals surface area contributed by atoms with Crippen molar-refractivity contribution in [2.75, 3.05) is 0 Å². The van der Waals surface area contributed by atoms with Gasteiger partial charge in [0.05, 0.1) is 22.1 Å². The van der Waals surface area contributed by atoms with Gasteiger partial charge in [0.25, 0.3) is 5.56 Å². The molecule has 0 aliphatic carbocycles. The fourth-order valence-electron chi connectivity index (χ4n) is 4.30. The Labute approximate surface area is 180 Å². The predicted molar refractivity (Wildman–Crippen MR) is 131 cm³/mol. The lowest BCUT2D eigenvalue weighted by Crippen LogP contribution is -2.21. The third-order valence-corrected chi connectivity index (χ3v) is 5.70. The van der Waals surface area contributed by atoms with Crippen molar-refractivity contribution < 1.29 is 0 Å². The molecule has 0 amide bonds. The van der Waals surface area contributed by atoms with E-state index in [4.69, 9.17) is 0 Å². The number of benzene rings is 3. The molecule has 0 N–H and O–H groups in total. The van der Waals surface area contributed by atoms with Crippen LogP contribution in [0.4, 0.5) is 0 Å². The molecule has 0 unspecified atom stereocenters. The normalized spacial score (nSPS) is 12.0. The van der Waals surface area contributed by atoms with Gasteiger partial charge < -0.3 is 0 Å². The number of fused-ring (bicyclic) bond motifs is 5. The van der Waals surface area contributed by atoms with Crippen LogP contribution in [0.1, 0.15) is 11.1 Å². The molecule has 31 heavy (non-hydrogen) atoms. The highest BCUT2D eigenvalue weighted by atomic mass is 16.1. The molecule has 0 aliphatic heterocycles. The summed E-state index contributed by atoms with van der Waals surface area (Å²) in [5.74, 6) is 0. The van der Waals surface area contributed by atoms with Crippen molar-refractivity contribution in [3.05, 3.63) is 126 Å². The van der Waals surface area contributed by atoms with E-state index in [0.29, 0.717) is 5.39 Å². The minimum atomic E-state index is -0.0346. The molecular weight excluding hydrogens is 380 g/mol. The molecule has 5 aromatic rings. The van der Waals surface area contributed by atoms with Gasteiger partial charge in [0.15, 0.2) is 0 Å². The number of hydrogen-bond donors (Lipinski definition) is 0. The van der Waals surface area contributed by atoms with Crippen molar-refractivity contribution >= 4 is 33.0 Å². The Morgan fingerprint density at radius 2 is 1.74 bits per heavy atom. The first-order chi connectivity index (χ1) is 15.1. The van der Waals surface area contributed by atoms with Crippen LogP contribution in [-0.4, -0.2) is 8.97 Å². The maximum Gasteiger partial charge on any atom is 0.266 e. The molecule has 3 heteroatoms. The van der Waals surface area contributed by atoms with E-state index in [1.807, 2.05) is 54.6 Å². The fourth-order valence-corrected chi connectivity index (χ4v) is 4.30. The number of aryl methyl sites for hydroxylation is 1. The molecule has 0 bridgehead atoms. The van der Waals surface area contributed by atoms with Crippen LogP contribution in [0.5, 0.6) is 0 Å². The summed E-state index contributed by atoms with van der Waals surface area (Å²) < 4.78 is 3.97. The summed E-state index contributed by atoms with van der Waals surface area (Å²) in [4.78, 5) is 13.7. The smallest absolute Gasteiger partial charge is 0.266 e. The Balaban J connectivity index is 1.94. The van der Waals surface area contributed by atoms with Gasteiger partial charge in [-0.1, -0.05) is 67.3 Å². The van der Waals surface area contributed by atoms with Crippen molar-refractivity contribution in [3.8, 4) is 5.69 Å². The molecule has 2 heterocycles. The number of rotatable bonds is 4. The highest BCUT2D eigenvalue weighted by molar-refractivity contribution is 5.94. The maximum atomic E-state index is 13.7. The quantitative estimate of drug-likeness (QED) is 0.317. The summed E-state index contributed by atoms with van der Waals surface area (Å²) in [6, 6.07) is 24.2. The number of allylic oxidation sites excluding steroid dienone is 4. The highest BCUT2D eigenvalue weighted by Crippen LogP contribution is 2.27. The summed E-state index contributed by atoms with van der Waals surface area (Å²) in [6.45, 7) is 9.79. The Hall–Kier alpha value is -4.11. The second-order valence-corrected chi connectivity index (χ2v) is 7.67. The van der Waals surface area contributed by atoms with E-state index < -0.39 is 0 Å². The van der Waals surface area contributed by atoms with Crippen molar-refractivity contribution in [2.45, 2.75) is 6.92 Å². The van der Waals surface area contributed by atoms with Gasteiger partial charge in [-0.2, -0.15) is 0 Å². The third-order valence-electron chi connectivity index (χ3n) is 5.70. The lowest BCUT2D eigenvalue weighted by Gasteiger charge is -2.14. The van der Waals surface area contributed by atoms with E-state index >= 15 is 0 Å². The van der Waals surface area contributed by atoms with Crippen LogP contribution in [0.2, 0.25) is 0 Å². The maximum absolute atomic E-state index is 13.7. The summed E-state index contributed by atoms with van der Waals surface area (Å²) in [5, 5.41) is 1.79. The predicted octanol–water partition coefficient (Wildman–Crippen LogP) is 6.46. The van der Waals surface area contributed by atoms with Crippen molar-refractivity contribution in [1.82, 2.24) is 8.97 Å².